The quantitative estimate of drug-likeness (QED) is 0.303. The Bertz CT molecular complexity index is 1050. The van der Waals surface area contributed by atoms with Gasteiger partial charge in [-0.05, 0) is 55.9 Å². The van der Waals surface area contributed by atoms with E-state index in [0.29, 0.717) is 12.5 Å². The van der Waals surface area contributed by atoms with Crippen LogP contribution in [-0.2, 0) is 24.2 Å². The van der Waals surface area contributed by atoms with Crippen LogP contribution in [0.15, 0.2) is 61.2 Å². The number of rotatable bonds is 13. The molecular formula is C27H33N3O2. The SMILES string of the molecule is C=CCc1ccccc1OCCn1c(CCCCCNC(=O)C2CC2)nc2ccccc21. The van der Waals surface area contributed by atoms with Crippen LogP contribution < -0.4 is 10.1 Å². The van der Waals surface area contributed by atoms with Crippen LogP contribution in [0.5, 0.6) is 5.75 Å². The van der Waals surface area contributed by atoms with Gasteiger partial charge in [0.2, 0.25) is 5.91 Å². The lowest BCUT2D eigenvalue weighted by Crippen LogP contribution is -2.25. The number of aromatic nitrogens is 2. The highest BCUT2D eigenvalue weighted by atomic mass is 16.5. The number of carbonyl (C=O) groups is 1. The molecule has 0 unspecified atom stereocenters. The standard InChI is InChI=1S/C27H33N3O2/c1-2-10-21-11-5-8-14-25(21)32-20-19-30-24-13-7-6-12-23(24)29-26(30)15-4-3-9-18-28-27(31)22-16-17-22/h2,5-8,11-14,22H,1,3-4,9-10,15-20H2,(H,28,31). The molecule has 3 aromatic rings. The molecule has 1 fully saturated rings. The van der Waals surface area contributed by atoms with Gasteiger partial charge in [0, 0.05) is 18.9 Å². The maximum absolute atomic E-state index is 11.7. The number of allylic oxidation sites excluding steroid dienone is 1. The lowest BCUT2D eigenvalue weighted by Gasteiger charge is -2.13. The van der Waals surface area contributed by atoms with E-state index < -0.39 is 0 Å². The minimum atomic E-state index is 0.237. The van der Waals surface area contributed by atoms with E-state index in [1.165, 1.54) is 0 Å². The van der Waals surface area contributed by atoms with Gasteiger partial charge >= 0.3 is 0 Å². The fourth-order valence-corrected chi connectivity index (χ4v) is 4.07. The molecule has 168 valence electrons. The van der Waals surface area contributed by atoms with Gasteiger partial charge in [-0.2, -0.15) is 0 Å². The first-order valence-electron chi connectivity index (χ1n) is 11.8. The Balaban J connectivity index is 1.32. The summed E-state index contributed by atoms with van der Waals surface area (Å²) in [5.41, 5.74) is 3.35. The van der Waals surface area contributed by atoms with Crippen molar-refractivity contribution in [3.8, 4) is 5.75 Å². The Morgan fingerprint density at radius 2 is 1.94 bits per heavy atom. The maximum Gasteiger partial charge on any atom is 0.223 e. The molecule has 2 aromatic carbocycles. The first-order chi connectivity index (χ1) is 15.8. The fourth-order valence-electron chi connectivity index (χ4n) is 4.07. The zero-order valence-corrected chi connectivity index (χ0v) is 18.8. The van der Waals surface area contributed by atoms with E-state index in [9.17, 15) is 4.79 Å². The van der Waals surface area contributed by atoms with Crippen molar-refractivity contribution >= 4 is 16.9 Å². The molecule has 1 N–H and O–H groups in total. The van der Waals surface area contributed by atoms with Gasteiger partial charge in [0.1, 0.15) is 18.2 Å². The number of para-hydroxylation sites is 3. The van der Waals surface area contributed by atoms with Crippen molar-refractivity contribution < 1.29 is 9.53 Å². The monoisotopic (exact) mass is 431 g/mol. The molecule has 0 bridgehead atoms. The lowest BCUT2D eigenvalue weighted by molar-refractivity contribution is -0.122. The zero-order valence-electron chi connectivity index (χ0n) is 18.8. The van der Waals surface area contributed by atoms with E-state index in [0.717, 1.165) is 86.2 Å². The van der Waals surface area contributed by atoms with Crippen LogP contribution in [0.2, 0.25) is 0 Å². The highest BCUT2D eigenvalue weighted by Crippen LogP contribution is 2.28. The van der Waals surface area contributed by atoms with Gasteiger partial charge in [-0.25, -0.2) is 4.98 Å². The van der Waals surface area contributed by atoms with Gasteiger partial charge in [0.25, 0.3) is 0 Å². The largest absolute Gasteiger partial charge is 0.491 e. The number of hydrogen-bond acceptors (Lipinski definition) is 3. The van der Waals surface area contributed by atoms with Crippen molar-refractivity contribution in [2.24, 2.45) is 5.92 Å². The molecular weight excluding hydrogens is 398 g/mol. The lowest BCUT2D eigenvalue weighted by atomic mass is 10.1. The highest BCUT2D eigenvalue weighted by Gasteiger charge is 2.28. The molecule has 5 heteroatoms. The van der Waals surface area contributed by atoms with Gasteiger partial charge in [0.05, 0.1) is 17.6 Å². The molecule has 0 radical (unpaired) electrons. The second-order valence-corrected chi connectivity index (χ2v) is 8.49. The molecule has 1 aliphatic rings. The van der Waals surface area contributed by atoms with E-state index in [2.05, 4.69) is 40.7 Å². The van der Waals surface area contributed by atoms with Crippen LogP contribution in [0.25, 0.3) is 11.0 Å². The summed E-state index contributed by atoms with van der Waals surface area (Å²) in [5, 5.41) is 3.05. The van der Waals surface area contributed by atoms with E-state index in [-0.39, 0.29) is 5.91 Å². The smallest absolute Gasteiger partial charge is 0.223 e. The average Bonchev–Trinajstić information content (AvgIpc) is 3.60. The number of amides is 1. The predicted molar refractivity (Wildman–Crippen MR) is 129 cm³/mol. The van der Waals surface area contributed by atoms with Crippen LogP contribution in [0.3, 0.4) is 0 Å². The second-order valence-electron chi connectivity index (χ2n) is 8.49. The van der Waals surface area contributed by atoms with E-state index in [4.69, 9.17) is 9.72 Å². The van der Waals surface area contributed by atoms with Crippen LogP contribution in [-0.4, -0.2) is 28.6 Å². The number of unbranched alkanes of at least 4 members (excludes halogenated alkanes) is 2. The number of nitrogens with zero attached hydrogens (tertiary/aromatic N) is 2. The summed E-state index contributed by atoms with van der Waals surface area (Å²) in [7, 11) is 0. The Kier molecular flexibility index (Phi) is 7.59. The third kappa shape index (κ3) is 5.78. The summed E-state index contributed by atoms with van der Waals surface area (Å²) in [6, 6.07) is 16.4. The summed E-state index contributed by atoms with van der Waals surface area (Å²) in [5.74, 6) is 2.56. The first-order valence-corrected chi connectivity index (χ1v) is 11.8. The molecule has 1 amide bonds. The van der Waals surface area contributed by atoms with Gasteiger partial charge in [0.15, 0.2) is 0 Å². The maximum atomic E-state index is 11.7. The normalized spacial score (nSPS) is 13.2. The second kappa shape index (κ2) is 11.0. The van der Waals surface area contributed by atoms with E-state index in [1.54, 1.807) is 0 Å². The van der Waals surface area contributed by atoms with Gasteiger partial charge in [-0.15, -0.1) is 6.58 Å². The molecule has 5 nitrogen and oxygen atoms in total. The molecule has 32 heavy (non-hydrogen) atoms. The van der Waals surface area contributed by atoms with Crippen LogP contribution in [0, 0.1) is 5.92 Å². The van der Waals surface area contributed by atoms with Crippen LogP contribution in [0.1, 0.15) is 43.5 Å². The van der Waals surface area contributed by atoms with Gasteiger partial charge in [-0.1, -0.05) is 42.8 Å². The number of imidazole rings is 1. The van der Waals surface area contributed by atoms with Crippen LogP contribution >= 0.6 is 0 Å². The number of hydrogen-bond donors (Lipinski definition) is 1. The van der Waals surface area contributed by atoms with Crippen molar-refractivity contribution in [1.82, 2.24) is 14.9 Å². The van der Waals surface area contributed by atoms with Crippen LogP contribution in [0.4, 0.5) is 0 Å². The van der Waals surface area contributed by atoms with Crippen molar-refractivity contribution in [3.63, 3.8) is 0 Å². The molecule has 0 atom stereocenters. The number of aryl methyl sites for hydroxylation is 1. The minimum Gasteiger partial charge on any atom is -0.491 e. The molecule has 1 heterocycles. The fraction of sp³-hybridized carbons (Fsp3) is 0.407. The zero-order chi connectivity index (χ0) is 22.2. The summed E-state index contributed by atoms with van der Waals surface area (Å²) >= 11 is 0. The summed E-state index contributed by atoms with van der Waals surface area (Å²) in [6.07, 6.45) is 8.92. The Labute approximate surface area is 190 Å². The first kappa shape index (κ1) is 22.1. The topological polar surface area (TPSA) is 56.1 Å². The summed E-state index contributed by atoms with van der Waals surface area (Å²) < 4.78 is 8.43. The third-order valence-electron chi connectivity index (χ3n) is 5.97. The Morgan fingerprint density at radius 3 is 2.78 bits per heavy atom. The van der Waals surface area contributed by atoms with E-state index in [1.807, 2.05) is 30.3 Å². The predicted octanol–water partition coefficient (Wildman–Crippen LogP) is 5.08. The summed E-state index contributed by atoms with van der Waals surface area (Å²) in [4.78, 5) is 16.6. The number of fused-ring (bicyclic) bond motifs is 1. The minimum absolute atomic E-state index is 0.237. The number of benzene rings is 2. The average molecular weight is 432 g/mol. The Morgan fingerprint density at radius 1 is 1.12 bits per heavy atom. The molecule has 1 saturated carbocycles. The molecule has 1 aliphatic carbocycles. The third-order valence-corrected chi connectivity index (χ3v) is 5.97. The molecule has 4 rings (SSSR count). The molecule has 0 spiro atoms. The Hall–Kier alpha value is -3.08. The summed E-state index contributed by atoms with van der Waals surface area (Å²) in [6.45, 7) is 5.97. The van der Waals surface area contributed by atoms with E-state index >= 15 is 0 Å². The molecule has 0 aliphatic heterocycles. The molecule has 0 saturated heterocycles. The van der Waals surface area contributed by atoms with Crippen molar-refractivity contribution in [2.45, 2.75) is 51.5 Å². The van der Waals surface area contributed by atoms with Gasteiger partial charge in [-0.3, -0.25) is 4.79 Å². The number of ether oxygens (including phenoxy) is 1. The van der Waals surface area contributed by atoms with Crippen molar-refractivity contribution in [2.75, 3.05) is 13.2 Å². The van der Waals surface area contributed by atoms with Crippen molar-refractivity contribution in [3.05, 3.63) is 72.6 Å². The van der Waals surface area contributed by atoms with Gasteiger partial charge < -0.3 is 14.6 Å². The number of nitrogens with one attached hydrogen (secondary N) is 1. The highest BCUT2D eigenvalue weighted by molar-refractivity contribution is 5.80. The molecule has 1 aromatic heterocycles. The number of carbonyl (C=O) groups excluding carboxylic acids is 1. The van der Waals surface area contributed by atoms with Crippen molar-refractivity contribution in [1.29, 1.82) is 0 Å².